The molecule has 0 heteroatoms. The molecule has 37 heavy (non-hydrogen) atoms. The van der Waals surface area contributed by atoms with Gasteiger partial charge in [-0.25, -0.2) is 0 Å². The summed E-state index contributed by atoms with van der Waals surface area (Å²) in [6, 6.07) is 33.2. The van der Waals surface area contributed by atoms with E-state index in [1.165, 1.54) is 68.5 Å². The van der Waals surface area contributed by atoms with Crippen molar-refractivity contribution >= 4 is 0 Å². The Hall–Kier alpha value is -3.12. The van der Waals surface area contributed by atoms with Gasteiger partial charge >= 0.3 is 0 Å². The molecule has 2 atom stereocenters. The zero-order valence-electron chi connectivity index (χ0n) is 23.6. The van der Waals surface area contributed by atoms with Crippen molar-refractivity contribution in [2.45, 2.75) is 72.6 Å². The molecule has 4 aromatic rings. The van der Waals surface area contributed by atoms with Crippen LogP contribution in [0.1, 0.15) is 85.0 Å². The predicted octanol–water partition coefficient (Wildman–Crippen LogP) is 9.84. The van der Waals surface area contributed by atoms with Crippen LogP contribution >= 0.6 is 0 Å². The van der Waals surface area contributed by atoms with Crippen molar-refractivity contribution in [1.29, 1.82) is 0 Å². The molecule has 5 rings (SSSR count). The van der Waals surface area contributed by atoms with E-state index in [2.05, 4.69) is 126 Å². The van der Waals surface area contributed by atoms with Gasteiger partial charge in [-0.3, -0.25) is 0 Å². The topological polar surface area (TPSA) is 0 Å². The Kier molecular flexibility index (Phi) is 7.13. The first-order chi connectivity index (χ1) is 17.9. The lowest BCUT2D eigenvalue weighted by Gasteiger charge is -2.35. The third-order valence-corrected chi connectivity index (χ3v) is 8.73. The summed E-state index contributed by atoms with van der Waals surface area (Å²) in [4.78, 5) is 0. The Labute approximate surface area is 224 Å². The second kappa shape index (κ2) is 10.3. The van der Waals surface area contributed by atoms with Crippen LogP contribution in [0, 0.1) is 25.7 Å². The first-order valence-electron chi connectivity index (χ1n) is 14.3. The van der Waals surface area contributed by atoms with E-state index in [0.717, 1.165) is 12.8 Å². The summed E-state index contributed by atoms with van der Waals surface area (Å²) in [6.45, 7) is 13.8. The minimum absolute atomic E-state index is 0.320. The third kappa shape index (κ3) is 4.56. The SMILES string of the molecule is CCC(C)Cc1cccc(C2(c3cccc(CC(C)CC)c3)c3cc(C)ccc3-c3ccc(C)cc32)c1. The van der Waals surface area contributed by atoms with E-state index >= 15 is 0 Å². The number of rotatable bonds is 8. The number of benzene rings is 4. The molecule has 0 N–H and O–H groups in total. The molecule has 0 heterocycles. The van der Waals surface area contributed by atoms with Crippen LogP contribution in [0.15, 0.2) is 84.9 Å². The van der Waals surface area contributed by atoms with Crippen molar-refractivity contribution in [1.82, 2.24) is 0 Å². The predicted molar refractivity (Wildman–Crippen MR) is 160 cm³/mol. The van der Waals surface area contributed by atoms with E-state index in [4.69, 9.17) is 0 Å². The van der Waals surface area contributed by atoms with Crippen LogP contribution in [0.2, 0.25) is 0 Å². The summed E-state index contributed by atoms with van der Waals surface area (Å²) >= 11 is 0. The van der Waals surface area contributed by atoms with Gasteiger partial charge in [0.2, 0.25) is 0 Å². The van der Waals surface area contributed by atoms with Gasteiger partial charge in [0.05, 0.1) is 5.41 Å². The molecule has 0 nitrogen and oxygen atoms in total. The maximum Gasteiger partial charge on any atom is 0.0713 e. The van der Waals surface area contributed by atoms with Gasteiger partial charge in [0.1, 0.15) is 0 Å². The molecule has 190 valence electrons. The van der Waals surface area contributed by atoms with Crippen LogP contribution in [0.5, 0.6) is 0 Å². The standard InChI is InChI=1S/C37H42/c1-7-25(3)19-29-11-9-13-31(23-29)37(32-14-10-12-30(24-32)20-26(4)8-2)35-21-27(5)15-17-33(35)34-18-16-28(6)22-36(34)37/h9-18,21-26H,7-8,19-20H2,1-6H3. The quantitative estimate of drug-likeness (QED) is 0.205. The minimum atomic E-state index is -0.320. The van der Waals surface area contributed by atoms with Gasteiger partial charge in [-0.15, -0.1) is 0 Å². The highest BCUT2D eigenvalue weighted by molar-refractivity contribution is 5.86. The Morgan fingerprint density at radius 2 is 1.00 bits per heavy atom. The zero-order valence-corrected chi connectivity index (χ0v) is 23.6. The molecule has 0 bridgehead atoms. The lowest BCUT2D eigenvalue weighted by atomic mass is 9.66. The average molecular weight is 487 g/mol. The lowest BCUT2D eigenvalue weighted by molar-refractivity contribution is 0.558. The van der Waals surface area contributed by atoms with Crippen LogP contribution < -0.4 is 0 Å². The molecule has 0 amide bonds. The van der Waals surface area contributed by atoms with E-state index in [1.807, 2.05) is 0 Å². The van der Waals surface area contributed by atoms with E-state index in [1.54, 1.807) is 0 Å². The van der Waals surface area contributed by atoms with Gasteiger partial charge in [-0.1, -0.05) is 137 Å². The van der Waals surface area contributed by atoms with Crippen LogP contribution in [-0.4, -0.2) is 0 Å². The second-order valence-electron chi connectivity index (χ2n) is 11.7. The molecule has 0 saturated heterocycles. The fraction of sp³-hybridized carbons (Fsp3) is 0.351. The molecule has 0 fully saturated rings. The van der Waals surface area contributed by atoms with Crippen molar-refractivity contribution in [3.63, 3.8) is 0 Å². The maximum atomic E-state index is 2.51. The van der Waals surface area contributed by atoms with Gasteiger partial charge in [0.15, 0.2) is 0 Å². The highest BCUT2D eigenvalue weighted by atomic mass is 14.5. The molecule has 0 saturated carbocycles. The van der Waals surface area contributed by atoms with Gasteiger partial charge in [-0.05, 0) is 83.0 Å². The highest BCUT2D eigenvalue weighted by Crippen LogP contribution is 2.56. The molecule has 0 spiro atoms. The monoisotopic (exact) mass is 486 g/mol. The molecule has 0 aliphatic heterocycles. The van der Waals surface area contributed by atoms with Crippen LogP contribution in [-0.2, 0) is 18.3 Å². The molecular formula is C37H42. The maximum absolute atomic E-state index is 2.51. The first-order valence-corrected chi connectivity index (χ1v) is 14.3. The molecule has 2 unspecified atom stereocenters. The fourth-order valence-corrected chi connectivity index (χ4v) is 6.30. The lowest BCUT2D eigenvalue weighted by Crippen LogP contribution is -2.29. The van der Waals surface area contributed by atoms with E-state index in [-0.39, 0.29) is 5.41 Å². The number of hydrogen-bond donors (Lipinski definition) is 0. The summed E-state index contributed by atoms with van der Waals surface area (Å²) < 4.78 is 0. The Balaban J connectivity index is 1.84. The van der Waals surface area contributed by atoms with Gasteiger partial charge < -0.3 is 0 Å². The molecule has 0 aromatic heterocycles. The summed E-state index contributed by atoms with van der Waals surface area (Å²) in [7, 11) is 0. The Morgan fingerprint density at radius 1 is 0.568 bits per heavy atom. The van der Waals surface area contributed by atoms with Crippen molar-refractivity contribution in [3.8, 4) is 11.1 Å². The summed E-state index contributed by atoms with van der Waals surface area (Å²) in [6.07, 6.45) is 4.65. The first kappa shape index (κ1) is 25.5. The van der Waals surface area contributed by atoms with Crippen molar-refractivity contribution in [2.24, 2.45) is 11.8 Å². The summed E-state index contributed by atoms with van der Waals surface area (Å²) in [5.41, 5.74) is 13.6. The normalized spacial score (nSPS) is 15.2. The molecule has 1 aliphatic rings. The minimum Gasteiger partial charge on any atom is -0.0651 e. The number of hydrogen-bond acceptors (Lipinski definition) is 0. The highest BCUT2D eigenvalue weighted by Gasteiger charge is 2.46. The van der Waals surface area contributed by atoms with Crippen LogP contribution in [0.3, 0.4) is 0 Å². The second-order valence-corrected chi connectivity index (χ2v) is 11.7. The smallest absolute Gasteiger partial charge is 0.0651 e. The Bertz CT molecular complexity index is 1300. The van der Waals surface area contributed by atoms with E-state index < -0.39 is 0 Å². The fourth-order valence-electron chi connectivity index (χ4n) is 6.30. The molecular weight excluding hydrogens is 444 g/mol. The summed E-state index contributed by atoms with van der Waals surface area (Å²) in [5, 5.41) is 0. The van der Waals surface area contributed by atoms with Crippen molar-refractivity contribution < 1.29 is 0 Å². The van der Waals surface area contributed by atoms with Crippen molar-refractivity contribution in [3.05, 3.63) is 129 Å². The average Bonchev–Trinajstić information content (AvgIpc) is 3.18. The van der Waals surface area contributed by atoms with E-state index in [0.29, 0.717) is 11.8 Å². The van der Waals surface area contributed by atoms with Crippen molar-refractivity contribution in [2.75, 3.05) is 0 Å². The zero-order chi connectivity index (χ0) is 26.2. The van der Waals surface area contributed by atoms with Gasteiger partial charge in [0, 0.05) is 0 Å². The third-order valence-electron chi connectivity index (χ3n) is 8.73. The van der Waals surface area contributed by atoms with Gasteiger partial charge in [-0.2, -0.15) is 0 Å². The van der Waals surface area contributed by atoms with Crippen LogP contribution in [0.25, 0.3) is 11.1 Å². The van der Waals surface area contributed by atoms with E-state index in [9.17, 15) is 0 Å². The van der Waals surface area contributed by atoms with Gasteiger partial charge in [0.25, 0.3) is 0 Å². The number of fused-ring (bicyclic) bond motifs is 3. The molecule has 0 radical (unpaired) electrons. The van der Waals surface area contributed by atoms with Crippen LogP contribution in [0.4, 0.5) is 0 Å². The largest absolute Gasteiger partial charge is 0.0713 e. The molecule has 4 aromatic carbocycles. The molecule has 1 aliphatic carbocycles. The number of aryl methyl sites for hydroxylation is 2. The summed E-state index contributed by atoms with van der Waals surface area (Å²) in [5.74, 6) is 1.36. The Morgan fingerprint density at radius 3 is 1.41 bits per heavy atom.